The first-order chi connectivity index (χ1) is 10.1. The van der Waals surface area contributed by atoms with E-state index in [2.05, 4.69) is 35.9 Å². The van der Waals surface area contributed by atoms with Gasteiger partial charge >= 0.3 is 0 Å². The van der Waals surface area contributed by atoms with Gasteiger partial charge in [-0.1, -0.05) is 23.8 Å². The molecule has 0 saturated heterocycles. The van der Waals surface area contributed by atoms with Crippen molar-refractivity contribution in [3.63, 3.8) is 0 Å². The SMILES string of the molecule is Cc1cccc(-c2nc(N)c3c(C4CC4)c(C)[nH]c3n2)c1. The predicted molar refractivity (Wildman–Crippen MR) is 85.2 cm³/mol. The number of nitrogens with one attached hydrogen (secondary N) is 1. The molecule has 3 N–H and O–H groups in total. The van der Waals surface area contributed by atoms with Gasteiger partial charge in [0.1, 0.15) is 11.5 Å². The van der Waals surface area contributed by atoms with Gasteiger partial charge in [0.2, 0.25) is 0 Å². The van der Waals surface area contributed by atoms with Crippen LogP contribution in [0.15, 0.2) is 24.3 Å². The Kier molecular flexibility index (Phi) is 2.55. The predicted octanol–water partition coefficient (Wildman–Crippen LogP) is 3.70. The van der Waals surface area contributed by atoms with Crippen LogP contribution in [0.1, 0.15) is 35.6 Å². The van der Waals surface area contributed by atoms with Crippen molar-refractivity contribution in [3.05, 3.63) is 41.1 Å². The molecule has 4 heteroatoms. The van der Waals surface area contributed by atoms with Crippen LogP contribution < -0.4 is 5.73 Å². The van der Waals surface area contributed by atoms with Crippen molar-refractivity contribution in [2.24, 2.45) is 0 Å². The van der Waals surface area contributed by atoms with E-state index in [9.17, 15) is 0 Å². The zero-order valence-electron chi connectivity index (χ0n) is 12.3. The number of fused-ring (bicyclic) bond motifs is 1. The third kappa shape index (κ3) is 1.98. The second-order valence-electron chi connectivity index (χ2n) is 5.96. The minimum absolute atomic E-state index is 0.586. The summed E-state index contributed by atoms with van der Waals surface area (Å²) in [6.45, 7) is 4.16. The Morgan fingerprint density at radius 3 is 2.71 bits per heavy atom. The molecule has 0 radical (unpaired) electrons. The van der Waals surface area contributed by atoms with Crippen molar-refractivity contribution in [1.29, 1.82) is 0 Å². The molecule has 3 aromatic rings. The number of anilines is 1. The summed E-state index contributed by atoms with van der Waals surface area (Å²) in [6, 6.07) is 8.18. The van der Waals surface area contributed by atoms with Gasteiger partial charge in [-0.25, -0.2) is 9.97 Å². The van der Waals surface area contributed by atoms with E-state index in [1.54, 1.807) is 0 Å². The van der Waals surface area contributed by atoms with Crippen LogP contribution in [0, 0.1) is 13.8 Å². The van der Waals surface area contributed by atoms with Crippen LogP contribution >= 0.6 is 0 Å². The van der Waals surface area contributed by atoms with Crippen LogP contribution in [0.3, 0.4) is 0 Å². The summed E-state index contributed by atoms with van der Waals surface area (Å²) in [7, 11) is 0. The van der Waals surface area contributed by atoms with Gasteiger partial charge in [-0.05, 0) is 44.2 Å². The van der Waals surface area contributed by atoms with Crippen molar-refractivity contribution >= 4 is 16.9 Å². The van der Waals surface area contributed by atoms with Crippen molar-refractivity contribution in [2.45, 2.75) is 32.6 Å². The van der Waals surface area contributed by atoms with E-state index in [0.717, 1.165) is 16.6 Å². The van der Waals surface area contributed by atoms with Crippen molar-refractivity contribution in [1.82, 2.24) is 15.0 Å². The number of hydrogen-bond donors (Lipinski definition) is 2. The fourth-order valence-corrected chi connectivity index (χ4v) is 3.06. The smallest absolute Gasteiger partial charge is 0.163 e. The number of H-pyrrole nitrogens is 1. The quantitative estimate of drug-likeness (QED) is 0.751. The summed E-state index contributed by atoms with van der Waals surface area (Å²) < 4.78 is 0. The molecule has 4 rings (SSSR count). The largest absolute Gasteiger partial charge is 0.383 e. The maximum atomic E-state index is 6.24. The van der Waals surface area contributed by atoms with Gasteiger partial charge in [-0.2, -0.15) is 0 Å². The molecule has 0 bridgehead atoms. The first-order valence-electron chi connectivity index (χ1n) is 7.36. The molecule has 0 atom stereocenters. The third-order valence-corrected chi connectivity index (χ3v) is 4.18. The molecule has 1 aromatic carbocycles. The summed E-state index contributed by atoms with van der Waals surface area (Å²) in [4.78, 5) is 12.6. The van der Waals surface area contributed by atoms with Gasteiger partial charge in [0, 0.05) is 11.3 Å². The Labute approximate surface area is 123 Å². The molecule has 1 aliphatic rings. The lowest BCUT2D eigenvalue weighted by molar-refractivity contribution is 1.10. The normalized spacial score (nSPS) is 14.8. The number of rotatable bonds is 2. The number of benzene rings is 1. The molecule has 0 spiro atoms. The summed E-state index contributed by atoms with van der Waals surface area (Å²) in [5.41, 5.74) is 11.8. The molecule has 4 nitrogen and oxygen atoms in total. The van der Waals surface area contributed by atoms with E-state index in [1.165, 1.54) is 29.7 Å². The average molecular weight is 278 g/mol. The van der Waals surface area contributed by atoms with Crippen LogP contribution in [0.5, 0.6) is 0 Å². The number of nitrogens with zero attached hydrogens (tertiary/aromatic N) is 2. The maximum absolute atomic E-state index is 6.24. The molecule has 21 heavy (non-hydrogen) atoms. The molecular weight excluding hydrogens is 260 g/mol. The Hall–Kier alpha value is -2.36. The van der Waals surface area contributed by atoms with E-state index < -0.39 is 0 Å². The van der Waals surface area contributed by atoms with Crippen molar-refractivity contribution in [3.8, 4) is 11.4 Å². The third-order valence-electron chi connectivity index (χ3n) is 4.18. The van der Waals surface area contributed by atoms with Crippen molar-refractivity contribution < 1.29 is 0 Å². The van der Waals surface area contributed by atoms with Gasteiger partial charge in [0.15, 0.2) is 5.82 Å². The van der Waals surface area contributed by atoms with Crippen LogP contribution in [0.2, 0.25) is 0 Å². The zero-order valence-corrected chi connectivity index (χ0v) is 12.3. The highest BCUT2D eigenvalue weighted by Crippen LogP contribution is 2.46. The zero-order chi connectivity index (χ0) is 14.6. The highest BCUT2D eigenvalue weighted by molar-refractivity contribution is 5.92. The molecule has 0 unspecified atom stereocenters. The van der Waals surface area contributed by atoms with Crippen molar-refractivity contribution in [2.75, 3.05) is 5.73 Å². The summed E-state index contributed by atoms with van der Waals surface area (Å²) in [6.07, 6.45) is 2.49. The number of nitrogens with two attached hydrogens (primary N) is 1. The van der Waals surface area contributed by atoms with Crippen LogP contribution in [0.4, 0.5) is 5.82 Å². The fourth-order valence-electron chi connectivity index (χ4n) is 3.06. The van der Waals surface area contributed by atoms with E-state index >= 15 is 0 Å². The summed E-state index contributed by atoms with van der Waals surface area (Å²) in [5, 5.41) is 1.02. The lowest BCUT2D eigenvalue weighted by Crippen LogP contribution is -1.98. The number of aryl methyl sites for hydroxylation is 2. The van der Waals surface area contributed by atoms with Gasteiger partial charge < -0.3 is 10.7 Å². The fraction of sp³-hybridized carbons (Fsp3) is 0.294. The molecule has 1 saturated carbocycles. The maximum Gasteiger partial charge on any atom is 0.163 e. The Morgan fingerprint density at radius 1 is 1.19 bits per heavy atom. The van der Waals surface area contributed by atoms with Gasteiger partial charge in [0.05, 0.1) is 5.39 Å². The summed E-state index contributed by atoms with van der Waals surface area (Å²) in [5.74, 6) is 1.91. The van der Waals surface area contributed by atoms with Gasteiger partial charge in [0.25, 0.3) is 0 Å². The minimum Gasteiger partial charge on any atom is -0.383 e. The van der Waals surface area contributed by atoms with E-state index in [-0.39, 0.29) is 0 Å². The minimum atomic E-state index is 0.586. The average Bonchev–Trinajstić information content (AvgIpc) is 3.21. The first kappa shape index (κ1) is 12.4. The summed E-state index contributed by atoms with van der Waals surface area (Å²) >= 11 is 0. The Morgan fingerprint density at radius 2 is 2.00 bits per heavy atom. The van der Waals surface area contributed by atoms with Crippen LogP contribution in [-0.2, 0) is 0 Å². The second-order valence-corrected chi connectivity index (χ2v) is 5.96. The number of aromatic amines is 1. The highest BCUT2D eigenvalue weighted by atomic mass is 15.0. The molecule has 106 valence electrons. The molecule has 2 heterocycles. The lowest BCUT2D eigenvalue weighted by atomic mass is 10.1. The molecule has 1 aliphatic carbocycles. The van der Waals surface area contributed by atoms with Gasteiger partial charge in [-0.15, -0.1) is 0 Å². The number of aromatic nitrogens is 3. The first-order valence-corrected chi connectivity index (χ1v) is 7.36. The standard InChI is InChI=1S/C17H18N4/c1-9-4-3-5-12(8-9)16-20-15(18)14-13(11-6-7-11)10(2)19-17(14)21-16/h3-5,8,11H,6-7H2,1-2H3,(H3,18,19,20,21). The molecular formula is C17H18N4. The lowest BCUT2D eigenvalue weighted by Gasteiger charge is -2.05. The van der Waals surface area contributed by atoms with E-state index in [1.807, 2.05) is 12.1 Å². The van der Waals surface area contributed by atoms with E-state index in [0.29, 0.717) is 17.6 Å². The number of nitrogen functional groups attached to an aromatic ring is 1. The topological polar surface area (TPSA) is 67.6 Å². The molecule has 0 amide bonds. The van der Waals surface area contributed by atoms with Gasteiger partial charge in [-0.3, -0.25) is 0 Å². The van der Waals surface area contributed by atoms with E-state index in [4.69, 9.17) is 10.7 Å². The van der Waals surface area contributed by atoms with Crippen LogP contribution in [-0.4, -0.2) is 15.0 Å². The monoisotopic (exact) mass is 278 g/mol. The van der Waals surface area contributed by atoms with Crippen LogP contribution in [0.25, 0.3) is 22.4 Å². The highest BCUT2D eigenvalue weighted by Gasteiger charge is 2.30. The Balaban J connectivity index is 1.94. The molecule has 0 aliphatic heterocycles. The molecule has 2 aromatic heterocycles. The Bertz CT molecular complexity index is 843. The number of hydrogen-bond acceptors (Lipinski definition) is 3. The second kappa shape index (κ2) is 4.32. The molecule has 1 fully saturated rings.